The highest BCUT2D eigenvalue weighted by molar-refractivity contribution is 5.66. The molecule has 0 amide bonds. The highest BCUT2D eigenvalue weighted by Crippen LogP contribution is 2.24. The number of imidazole rings is 1. The zero-order valence-electron chi connectivity index (χ0n) is 9.69. The van der Waals surface area contributed by atoms with Crippen LogP contribution in [0, 0.1) is 18.6 Å². The summed E-state index contributed by atoms with van der Waals surface area (Å²) >= 11 is 0. The van der Waals surface area contributed by atoms with Gasteiger partial charge in [0.1, 0.15) is 17.3 Å². The average Bonchev–Trinajstić information content (AvgIpc) is 2.68. The predicted molar refractivity (Wildman–Crippen MR) is 65.3 cm³/mol. The lowest BCUT2D eigenvalue weighted by Crippen LogP contribution is -1.89. The molecule has 2 nitrogen and oxygen atoms in total. The molecule has 2 heterocycles. The van der Waals surface area contributed by atoms with Gasteiger partial charge in [-0.25, -0.2) is 13.8 Å². The summed E-state index contributed by atoms with van der Waals surface area (Å²) < 4.78 is 27.8. The fraction of sp³-hybridized carbons (Fsp3) is 0.0714. The number of aryl methyl sites for hydroxylation is 1. The molecule has 3 rings (SSSR count). The van der Waals surface area contributed by atoms with Crippen LogP contribution in [0.5, 0.6) is 0 Å². The second-order valence-corrected chi connectivity index (χ2v) is 4.13. The van der Waals surface area contributed by atoms with Gasteiger partial charge < -0.3 is 4.40 Å². The molecule has 0 bridgehead atoms. The zero-order chi connectivity index (χ0) is 12.7. The Balaban J connectivity index is 2.23. The largest absolute Gasteiger partial charge is 0.301 e. The Kier molecular flexibility index (Phi) is 2.37. The van der Waals surface area contributed by atoms with Crippen molar-refractivity contribution in [1.29, 1.82) is 0 Å². The van der Waals surface area contributed by atoms with Crippen molar-refractivity contribution >= 4 is 5.65 Å². The molecule has 2 aromatic heterocycles. The van der Waals surface area contributed by atoms with Crippen molar-refractivity contribution in [1.82, 2.24) is 9.38 Å². The summed E-state index contributed by atoms with van der Waals surface area (Å²) in [5.74, 6) is -0.597. The van der Waals surface area contributed by atoms with Crippen LogP contribution >= 0.6 is 0 Å². The quantitative estimate of drug-likeness (QED) is 0.639. The maximum absolute atomic E-state index is 13.2. The zero-order valence-corrected chi connectivity index (χ0v) is 9.69. The molecule has 0 aliphatic carbocycles. The molecule has 4 heteroatoms. The Bertz CT molecular complexity index is 714. The normalized spacial score (nSPS) is 11.1. The van der Waals surface area contributed by atoms with E-state index in [4.69, 9.17) is 0 Å². The van der Waals surface area contributed by atoms with E-state index in [1.54, 1.807) is 22.6 Å². The summed E-state index contributed by atoms with van der Waals surface area (Å²) in [5, 5.41) is 0. The second-order valence-electron chi connectivity index (χ2n) is 4.13. The standard InChI is InChI=1S/C14H10F2N2/c1-9-14(10-2-4-11(15)5-3-10)17-13-7-6-12(16)8-18(9)13/h2-8H,1H3. The Morgan fingerprint density at radius 2 is 1.61 bits per heavy atom. The molecule has 0 N–H and O–H groups in total. The molecule has 0 aliphatic heterocycles. The molecule has 0 radical (unpaired) electrons. The summed E-state index contributed by atoms with van der Waals surface area (Å²) in [4.78, 5) is 4.43. The minimum atomic E-state index is -0.311. The minimum Gasteiger partial charge on any atom is -0.301 e. The summed E-state index contributed by atoms with van der Waals surface area (Å²) in [6.07, 6.45) is 1.39. The van der Waals surface area contributed by atoms with Crippen LogP contribution in [0.25, 0.3) is 16.9 Å². The van der Waals surface area contributed by atoms with Crippen molar-refractivity contribution in [2.24, 2.45) is 0 Å². The van der Waals surface area contributed by atoms with E-state index >= 15 is 0 Å². The Labute approximate surface area is 103 Å². The lowest BCUT2D eigenvalue weighted by Gasteiger charge is -1.99. The Morgan fingerprint density at radius 3 is 2.33 bits per heavy atom. The molecular weight excluding hydrogens is 234 g/mol. The highest BCUT2D eigenvalue weighted by atomic mass is 19.1. The Morgan fingerprint density at radius 1 is 0.944 bits per heavy atom. The van der Waals surface area contributed by atoms with Gasteiger partial charge in [0, 0.05) is 17.5 Å². The van der Waals surface area contributed by atoms with Crippen molar-refractivity contribution < 1.29 is 8.78 Å². The molecule has 0 fully saturated rings. The van der Waals surface area contributed by atoms with Crippen LogP contribution in [0.2, 0.25) is 0 Å². The molecule has 3 aromatic rings. The van der Waals surface area contributed by atoms with Crippen molar-refractivity contribution in [2.45, 2.75) is 6.92 Å². The number of benzene rings is 1. The van der Waals surface area contributed by atoms with Crippen molar-refractivity contribution in [3.05, 3.63) is 59.9 Å². The van der Waals surface area contributed by atoms with Gasteiger partial charge in [0.25, 0.3) is 0 Å². The molecule has 0 saturated heterocycles. The van der Waals surface area contributed by atoms with Crippen LogP contribution in [0.1, 0.15) is 5.69 Å². The monoisotopic (exact) mass is 244 g/mol. The number of nitrogens with zero attached hydrogens (tertiary/aromatic N) is 2. The first-order valence-electron chi connectivity index (χ1n) is 5.55. The predicted octanol–water partition coefficient (Wildman–Crippen LogP) is 3.59. The molecule has 0 unspecified atom stereocenters. The number of pyridine rings is 1. The number of rotatable bonds is 1. The SMILES string of the molecule is Cc1c(-c2ccc(F)cc2)nc2ccc(F)cn12. The smallest absolute Gasteiger partial charge is 0.139 e. The Hall–Kier alpha value is -2.23. The fourth-order valence-electron chi connectivity index (χ4n) is 2.02. The molecule has 0 aliphatic rings. The van der Waals surface area contributed by atoms with Gasteiger partial charge in [-0.1, -0.05) is 0 Å². The first-order valence-corrected chi connectivity index (χ1v) is 5.55. The molecule has 0 saturated carbocycles. The number of aromatic nitrogens is 2. The van der Waals surface area contributed by atoms with Crippen LogP contribution in [-0.4, -0.2) is 9.38 Å². The van der Waals surface area contributed by atoms with Crippen molar-refractivity contribution in [3.63, 3.8) is 0 Å². The highest BCUT2D eigenvalue weighted by Gasteiger charge is 2.10. The van der Waals surface area contributed by atoms with Crippen LogP contribution in [0.4, 0.5) is 8.78 Å². The van der Waals surface area contributed by atoms with Gasteiger partial charge in [-0.2, -0.15) is 0 Å². The minimum absolute atomic E-state index is 0.286. The lowest BCUT2D eigenvalue weighted by molar-refractivity contribution is 0.618. The molecule has 90 valence electrons. The van der Waals surface area contributed by atoms with Crippen LogP contribution in [0.15, 0.2) is 42.6 Å². The number of halogens is 2. The van der Waals surface area contributed by atoms with Gasteiger partial charge in [0.15, 0.2) is 0 Å². The topological polar surface area (TPSA) is 17.3 Å². The van der Waals surface area contributed by atoms with E-state index in [0.717, 1.165) is 17.0 Å². The van der Waals surface area contributed by atoms with E-state index in [-0.39, 0.29) is 11.6 Å². The number of hydrogen-bond donors (Lipinski definition) is 0. The van der Waals surface area contributed by atoms with E-state index in [1.165, 1.54) is 24.4 Å². The summed E-state index contributed by atoms with van der Waals surface area (Å²) in [6, 6.07) is 9.10. The van der Waals surface area contributed by atoms with Gasteiger partial charge in [-0.05, 0) is 43.3 Å². The van der Waals surface area contributed by atoms with Gasteiger partial charge in [0.05, 0.1) is 5.69 Å². The van der Waals surface area contributed by atoms with Crippen molar-refractivity contribution in [2.75, 3.05) is 0 Å². The lowest BCUT2D eigenvalue weighted by atomic mass is 10.1. The van der Waals surface area contributed by atoms with Gasteiger partial charge >= 0.3 is 0 Å². The van der Waals surface area contributed by atoms with Crippen molar-refractivity contribution in [3.8, 4) is 11.3 Å². The average molecular weight is 244 g/mol. The summed E-state index contributed by atoms with van der Waals surface area (Å²) in [6.45, 7) is 1.86. The third-order valence-corrected chi connectivity index (χ3v) is 2.94. The fourth-order valence-corrected chi connectivity index (χ4v) is 2.02. The summed E-state index contributed by atoms with van der Waals surface area (Å²) in [7, 11) is 0. The van der Waals surface area contributed by atoms with Crippen LogP contribution in [0.3, 0.4) is 0 Å². The first-order chi connectivity index (χ1) is 8.65. The van der Waals surface area contributed by atoms with E-state index in [2.05, 4.69) is 4.98 Å². The first kappa shape index (κ1) is 10.9. The summed E-state index contributed by atoms with van der Waals surface area (Å²) in [5.41, 5.74) is 3.06. The van der Waals surface area contributed by atoms with Crippen LogP contribution in [-0.2, 0) is 0 Å². The van der Waals surface area contributed by atoms with Gasteiger partial charge in [-0.3, -0.25) is 0 Å². The molecule has 18 heavy (non-hydrogen) atoms. The molecule has 0 spiro atoms. The maximum atomic E-state index is 13.2. The second kappa shape index (κ2) is 3.91. The maximum Gasteiger partial charge on any atom is 0.139 e. The molecule has 1 aromatic carbocycles. The van der Waals surface area contributed by atoms with Gasteiger partial charge in [-0.15, -0.1) is 0 Å². The van der Waals surface area contributed by atoms with E-state index in [0.29, 0.717) is 5.65 Å². The molecular formula is C14H10F2N2. The van der Waals surface area contributed by atoms with Crippen LogP contribution < -0.4 is 0 Å². The number of hydrogen-bond acceptors (Lipinski definition) is 1. The van der Waals surface area contributed by atoms with Gasteiger partial charge in [0.2, 0.25) is 0 Å². The van der Waals surface area contributed by atoms with E-state index in [1.807, 2.05) is 6.92 Å². The number of fused-ring (bicyclic) bond motifs is 1. The third kappa shape index (κ3) is 1.66. The molecule has 0 atom stereocenters. The van der Waals surface area contributed by atoms with E-state index < -0.39 is 0 Å². The van der Waals surface area contributed by atoms with E-state index in [9.17, 15) is 8.78 Å². The third-order valence-electron chi connectivity index (χ3n) is 2.94.